The molecule has 1 rings (SSSR count). The van der Waals surface area contributed by atoms with Crippen molar-refractivity contribution in [1.82, 2.24) is 0 Å². The zero-order chi connectivity index (χ0) is 8.65. The zero-order valence-electron chi connectivity index (χ0n) is 7.24. The largest absolute Gasteiger partial charge is 0.327 e. The lowest BCUT2D eigenvalue weighted by Gasteiger charge is -1.95. The van der Waals surface area contributed by atoms with Gasteiger partial charge in [-0.25, -0.2) is 0 Å². The maximum Gasteiger partial charge on any atom is 0.0106 e. The van der Waals surface area contributed by atoms with Crippen LogP contribution in [0.1, 0.15) is 12.0 Å². The molecular weight excluding hydrogens is 146 g/mol. The summed E-state index contributed by atoms with van der Waals surface area (Å²) in [4.78, 5) is 0. The molecule has 0 amide bonds. The molecule has 0 saturated heterocycles. The predicted molar refractivity (Wildman–Crippen MR) is 53.0 cm³/mol. The first-order valence-corrected chi connectivity index (χ1v) is 4.32. The molecule has 0 radical (unpaired) electrons. The van der Waals surface area contributed by atoms with Gasteiger partial charge in [0.1, 0.15) is 0 Å². The van der Waals surface area contributed by atoms with E-state index in [1.54, 1.807) is 0 Å². The van der Waals surface area contributed by atoms with Crippen LogP contribution in [0.4, 0.5) is 0 Å². The van der Waals surface area contributed by atoms with Crippen molar-refractivity contribution in [3.8, 4) is 0 Å². The van der Waals surface area contributed by atoms with E-state index >= 15 is 0 Å². The van der Waals surface area contributed by atoms with Gasteiger partial charge in [0.05, 0.1) is 0 Å². The van der Waals surface area contributed by atoms with E-state index in [4.69, 9.17) is 5.73 Å². The minimum Gasteiger partial charge on any atom is -0.327 e. The van der Waals surface area contributed by atoms with Gasteiger partial charge >= 0.3 is 0 Å². The van der Waals surface area contributed by atoms with Crippen LogP contribution < -0.4 is 5.73 Å². The molecule has 2 N–H and O–H groups in total. The molecule has 0 unspecified atom stereocenters. The molecule has 0 atom stereocenters. The third kappa shape index (κ3) is 3.35. The Morgan fingerprint density at radius 3 is 2.50 bits per heavy atom. The van der Waals surface area contributed by atoms with Gasteiger partial charge in [0.15, 0.2) is 0 Å². The third-order valence-electron chi connectivity index (χ3n) is 1.75. The topological polar surface area (TPSA) is 26.0 Å². The minimum absolute atomic E-state index is 0.648. The fourth-order valence-electron chi connectivity index (χ4n) is 1.11. The van der Waals surface area contributed by atoms with Crippen LogP contribution in [0.15, 0.2) is 42.5 Å². The van der Waals surface area contributed by atoms with Crippen LogP contribution in [-0.2, 0) is 6.42 Å². The van der Waals surface area contributed by atoms with Crippen molar-refractivity contribution < 1.29 is 0 Å². The summed E-state index contributed by atoms with van der Waals surface area (Å²) in [5.41, 5.74) is 6.71. The number of allylic oxidation sites excluding steroid dienone is 1. The molecule has 1 nitrogen and oxygen atoms in total. The molecule has 64 valence electrons. The van der Waals surface area contributed by atoms with Gasteiger partial charge in [-0.1, -0.05) is 42.5 Å². The summed E-state index contributed by atoms with van der Waals surface area (Å²) in [5, 5.41) is 0. The van der Waals surface area contributed by atoms with Crippen molar-refractivity contribution >= 4 is 0 Å². The van der Waals surface area contributed by atoms with Crippen molar-refractivity contribution in [2.45, 2.75) is 12.8 Å². The molecule has 0 saturated carbocycles. The number of benzene rings is 1. The van der Waals surface area contributed by atoms with E-state index in [1.165, 1.54) is 5.56 Å². The molecule has 1 aromatic rings. The monoisotopic (exact) mass is 161 g/mol. The number of nitrogens with two attached hydrogens (primary N) is 1. The molecule has 0 heterocycles. The Morgan fingerprint density at radius 1 is 1.08 bits per heavy atom. The molecule has 0 aliphatic carbocycles. The Labute approximate surface area is 73.9 Å². The Hall–Kier alpha value is -1.08. The fourth-order valence-corrected chi connectivity index (χ4v) is 1.11. The Bertz CT molecular complexity index is 226. The van der Waals surface area contributed by atoms with E-state index in [0.29, 0.717) is 6.54 Å². The summed E-state index contributed by atoms with van der Waals surface area (Å²) in [5.74, 6) is 0. The second kappa shape index (κ2) is 5.56. The van der Waals surface area contributed by atoms with E-state index in [2.05, 4.69) is 30.3 Å². The van der Waals surface area contributed by atoms with E-state index in [0.717, 1.165) is 12.8 Å². The first-order valence-electron chi connectivity index (χ1n) is 4.32. The average molecular weight is 161 g/mol. The van der Waals surface area contributed by atoms with Crippen molar-refractivity contribution in [3.05, 3.63) is 48.0 Å². The smallest absolute Gasteiger partial charge is 0.0106 e. The molecule has 12 heavy (non-hydrogen) atoms. The molecule has 0 fully saturated rings. The number of aryl methyl sites for hydroxylation is 1. The van der Waals surface area contributed by atoms with Crippen LogP contribution in [0.25, 0.3) is 0 Å². The molecule has 1 heteroatoms. The number of rotatable bonds is 4. The Morgan fingerprint density at radius 2 is 1.83 bits per heavy atom. The number of hydrogen-bond acceptors (Lipinski definition) is 1. The van der Waals surface area contributed by atoms with Crippen molar-refractivity contribution in [2.24, 2.45) is 5.73 Å². The highest BCUT2D eigenvalue weighted by Crippen LogP contribution is 2.02. The lowest BCUT2D eigenvalue weighted by molar-refractivity contribution is 0.995. The number of hydrogen-bond donors (Lipinski definition) is 1. The van der Waals surface area contributed by atoms with Gasteiger partial charge in [-0.05, 0) is 18.4 Å². The first-order chi connectivity index (χ1) is 5.93. The van der Waals surface area contributed by atoms with Crippen LogP contribution in [-0.4, -0.2) is 6.54 Å². The second-order valence-corrected chi connectivity index (χ2v) is 2.73. The van der Waals surface area contributed by atoms with Gasteiger partial charge in [-0.3, -0.25) is 0 Å². The van der Waals surface area contributed by atoms with Crippen LogP contribution in [0.2, 0.25) is 0 Å². The molecule has 0 spiro atoms. The average Bonchev–Trinajstić information content (AvgIpc) is 2.14. The minimum atomic E-state index is 0.648. The second-order valence-electron chi connectivity index (χ2n) is 2.73. The van der Waals surface area contributed by atoms with Crippen LogP contribution >= 0.6 is 0 Å². The summed E-state index contributed by atoms with van der Waals surface area (Å²) in [6.45, 7) is 0.648. The summed E-state index contributed by atoms with van der Waals surface area (Å²) in [6.07, 6.45) is 6.33. The standard InChI is InChI=1S/C11H15N/c12-10-6-2-5-9-11-7-3-1-4-8-11/h1-4,6-8H,5,9-10,12H2. The maximum absolute atomic E-state index is 5.32. The van der Waals surface area contributed by atoms with Crippen molar-refractivity contribution in [1.29, 1.82) is 0 Å². The fraction of sp³-hybridized carbons (Fsp3) is 0.273. The van der Waals surface area contributed by atoms with Gasteiger partial charge in [0.25, 0.3) is 0 Å². The summed E-state index contributed by atoms with van der Waals surface area (Å²) in [6, 6.07) is 10.5. The highest BCUT2D eigenvalue weighted by molar-refractivity contribution is 5.15. The van der Waals surface area contributed by atoms with Crippen LogP contribution in [0.3, 0.4) is 0 Å². The maximum atomic E-state index is 5.32. The van der Waals surface area contributed by atoms with E-state index in [9.17, 15) is 0 Å². The van der Waals surface area contributed by atoms with Gasteiger partial charge in [0.2, 0.25) is 0 Å². The van der Waals surface area contributed by atoms with Crippen molar-refractivity contribution in [2.75, 3.05) is 6.54 Å². The molecule has 0 aliphatic rings. The van der Waals surface area contributed by atoms with E-state index < -0.39 is 0 Å². The van der Waals surface area contributed by atoms with Gasteiger partial charge in [-0.2, -0.15) is 0 Å². The molecule has 0 bridgehead atoms. The normalized spacial score (nSPS) is 10.8. The molecule has 1 aromatic carbocycles. The first kappa shape index (κ1) is 9.01. The summed E-state index contributed by atoms with van der Waals surface area (Å²) < 4.78 is 0. The molecule has 0 aliphatic heterocycles. The Kier molecular flexibility index (Phi) is 4.17. The van der Waals surface area contributed by atoms with E-state index in [-0.39, 0.29) is 0 Å². The SMILES string of the molecule is NCC=CCCc1ccccc1. The van der Waals surface area contributed by atoms with E-state index in [1.807, 2.05) is 12.1 Å². The lowest BCUT2D eigenvalue weighted by Crippen LogP contribution is -1.92. The highest BCUT2D eigenvalue weighted by Gasteiger charge is 1.86. The zero-order valence-corrected chi connectivity index (χ0v) is 7.24. The molecule has 0 aromatic heterocycles. The predicted octanol–water partition coefficient (Wildman–Crippen LogP) is 2.13. The summed E-state index contributed by atoms with van der Waals surface area (Å²) in [7, 11) is 0. The lowest BCUT2D eigenvalue weighted by atomic mass is 10.1. The van der Waals surface area contributed by atoms with Gasteiger partial charge in [0, 0.05) is 6.54 Å². The van der Waals surface area contributed by atoms with Crippen LogP contribution in [0, 0.1) is 0 Å². The van der Waals surface area contributed by atoms with Crippen molar-refractivity contribution in [3.63, 3.8) is 0 Å². The Balaban J connectivity index is 2.29. The summed E-state index contributed by atoms with van der Waals surface area (Å²) >= 11 is 0. The third-order valence-corrected chi connectivity index (χ3v) is 1.75. The molecular formula is C11H15N. The van der Waals surface area contributed by atoms with Gasteiger partial charge < -0.3 is 5.73 Å². The van der Waals surface area contributed by atoms with Crippen LogP contribution in [0.5, 0.6) is 0 Å². The highest BCUT2D eigenvalue weighted by atomic mass is 14.5. The van der Waals surface area contributed by atoms with Gasteiger partial charge in [-0.15, -0.1) is 0 Å². The quantitative estimate of drug-likeness (QED) is 0.673.